The number of benzene rings is 1. The largest absolute Gasteiger partial charge is 0.480 e. The molecule has 0 aliphatic carbocycles. The number of carboxylic acid groups (broad SMARTS) is 1. The summed E-state index contributed by atoms with van der Waals surface area (Å²) in [5, 5.41) is 12.5. The average Bonchev–Trinajstić information content (AvgIpc) is 2.36. The van der Waals surface area contributed by atoms with Gasteiger partial charge in [-0.05, 0) is 26.3 Å². The van der Waals surface area contributed by atoms with Gasteiger partial charge in [-0.2, -0.15) is 0 Å². The Kier molecular flexibility index (Phi) is 4.22. The maximum Gasteiger partial charge on any atom is 0.322 e. The van der Waals surface area contributed by atoms with Crippen LogP contribution < -0.4 is 5.32 Å². The summed E-state index contributed by atoms with van der Waals surface area (Å²) in [5.41, 5.74) is 3.65. The number of carbonyl (C=O) groups is 1. The number of carboxylic acids is 1. The number of nitrogens with one attached hydrogen (secondary N) is 1. The highest BCUT2D eigenvalue weighted by atomic mass is 16.4. The van der Waals surface area contributed by atoms with Crippen molar-refractivity contribution >= 4 is 5.97 Å². The first kappa shape index (κ1) is 14.0. The van der Waals surface area contributed by atoms with Gasteiger partial charge in [0.25, 0.3) is 0 Å². The summed E-state index contributed by atoms with van der Waals surface area (Å²) in [6.45, 7) is 8.38. The van der Waals surface area contributed by atoms with Gasteiger partial charge in [0, 0.05) is 25.7 Å². The second kappa shape index (κ2) is 5.72. The summed E-state index contributed by atoms with van der Waals surface area (Å²) in [4.78, 5) is 13.4. The van der Waals surface area contributed by atoms with Crippen LogP contribution in [0, 0.1) is 13.8 Å². The molecule has 104 valence electrons. The molecule has 4 nitrogen and oxygen atoms in total. The number of piperazine rings is 1. The van der Waals surface area contributed by atoms with E-state index in [2.05, 4.69) is 49.2 Å². The van der Waals surface area contributed by atoms with Crippen molar-refractivity contribution in [3.63, 3.8) is 0 Å². The quantitative estimate of drug-likeness (QED) is 0.871. The molecule has 2 N–H and O–H groups in total. The van der Waals surface area contributed by atoms with Crippen LogP contribution in [0.3, 0.4) is 0 Å². The van der Waals surface area contributed by atoms with Crippen molar-refractivity contribution in [2.24, 2.45) is 0 Å². The fourth-order valence-corrected chi connectivity index (χ4v) is 2.86. The molecule has 0 bridgehead atoms. The molecule has 1 fully saturated rings. The fraction of sp³-hybridized carbons (Fsp3) is 0.533. The van der Waals surface area contributed by atoms with E-state index < -0.39 is 12.0 Å². The van der Waals surface area contributed by atoms with Crippen molar-refractivity contribution in [2.75, 3.05) is 19.6 Å². The molecule has 1 aromatic rings. The SMILES string of the molecule is Cc1cc(C)cc(C(C)N2CCNCC2C(=O)O)c1. The minimum absolute atomic E-state index is 0.127. The fourth-order valence-electron chi connectivity index (χ4n) is 2.86. The Morgan fingerprint density at radius 1 is 1.37 bits per heavy atom. The summed E-state index contributed by atoms with van der Waals surface area (Å²) in [5.74, 6) is -0.747. The standard InChI is InChI=1S/C15H22N2O2/c1-10-6-11(2)8-13(7-10)12(3)17-5-4-16-9-14(17)15(18)19/h6-8,12,14,16H,4-5,9H2,1-3H3,(H,18,19). The van der Waals surface area contributed by atoms with Gasteiger partial charge in [0.1, 0.15) is 6.04 Å². The number of rotatable bonds is 3. The molecule has 1 aromatic carbocycles. The van der Waals surface area contributed by atoms with Crippen LogP contribution in [0.5, 0.6) is 0 Å². The van der Waals surface area contributed by atoms with Crippen molar-refractivity contribution in [1.82, 2.24) is 10.2 Å². The summed E-state index contributed by atoms with van der Waals surface area (Å²) < 4.78 is 0. The number of nitrogens with zero attached hydrogens (tertiary/aromatic N) is 1. The van der Waals surface area contributed by atoms with Crippen LogP contribution in [-0.4, -0.2) is 41.7 Å². The number of hydrogen-bond acceptors (Lipinski definition) is 3. The van der Waals surface area contributed by atoms with Gasteiger partial charge in [-0.25, -0.2) is 0 Å². The highest BCUT2D eigenvalue weighted by molar-refractivity contribution is 5.74. The van der Waals surface area contributed by atoms with Crippen LogP contribution in [-0.2, 0) is 4.79 Å². The van der Waals surface area contributed by atoms with Crippen molar-refractivity contribution in [1.29, 1.82) is 0 Å². The molecule has 0 amide bonds. The van der Waals surface area contributed by atoms with Crippen molar-refractivity contribution in [2.45, 2.75) is 32.9 Å². The van der Waals surface area contributed by atoms with Crippen molar-refractivity contribution < 1.29 is 9.90 Å². The molecule has 1 saturated heterocycles. The minimum atomic E-state index is -0.747. The van der Waals surface area contributed by atoms with E-state index in [0.29, 0.717) is 6.54 Å². The van der Waals surface area contributed by atoms with Gasteiger partial charge < -0.3 is 10.4 Å². The zero-order chi connectivity index (χ0) is 14.0. The van der Waals surface area contributed by atoms with Crippen LogP contribution in [0.1, 0.15) is 29.7 Å². The molecule has 1 aliphatic rings. The van der Waals surface area contributed by atoms with E-state index in [1.54, 1.807) is 0 Å². The Hall–Kier alpha value is -1.39. The summed E-state index contributed by atoms with van der Waals surface area (Å²) >= 11 is 0. The van der Waals surface area contributed by atoms with E-state index in [4.69, 9.17) is 0 Å². The van der Waals surface area contributed by atoms with Gasteiger partial charge in [-0.1, -0.05) is 29.3 Å². The van der Waals surface area contributed by atoms with E-state index in [1.165, 1.54) is 16.7 Å². The highest BCUT2D eigenvalue weighted by Gasteiger charge is 2.32. The molecule has 4 heteroatoms. The predicted octanol–water partition coefficient (Wildman–Crippen LogP) is 1.72. The summed E-state index contributed by atoms with van der Waals surface area (Å²) in [6, 6.07) is 6.13. The van der Waals surface area contributed by atoms with E-state index in [1.807, 2.05) is 0 Å². The topological polar surface area (TPSA) is 52.6 Å². The lowest BCUT2D eigenvalue weighted by Crippen LogP contribution is -2.55. The second-order valence-electron chi connectivity index (χ2n) is 5.39. The Morgan fingerprint density at radius 2 is 2.00 bits per heavy atom. The molecule has 0 spiro atoms. The predicted molar refractivity (Wildman–Crippen MR) is 75.3 cm³/mol. The van der Waals surface area contributed by atoms with Gasteiger partial charge in [-0.3, -0.25) is 9.69 Å². The van der Waals surface area contributed by atoms with Crippen molar-refractivity contribution in [3.8, 4) is 0 Å². The van der Waals surface area contributed by atoms with Gasteiger partial charge in [0.2, 0.25) is 0 Å². The Balaban J connectivity index is 2.25. The Morgan fingerprint density at radius 3 is 2.58 bits per heavy atom. The minimum Gasteiger partial charge on any atom is -0.480 e. The maximum atomic E-state index is 11.4. The Labute approximate surface area is 114 Å². The first-order valence-corrected chi connectivity index (χ1v) is 6.76. The molecule has 0 aromatic heterocycles. The smallest absolute Gasteiger partial charge is 0.322 e. The molecule has 1 heterocycles. The van der Waals surface area contributed by atoms with Crippen LogP contribution in [0.2, 0.25) is 0 Å². The van der Waals surface area contributed by atoms with Crippen LogP contribution in [0.4, 0.5) is 0 Å². The van der Waals surface area contributed by atoms with E-state index >= 15 is 0 Å². The normalized spacial score (nSPS) is 22.2. The zero-order valence-corrected chi connectivity index (χ0v) is 11.8. The zero-order valence-electron chi connectivity index (χ0n) is 11.8. The van der Waals surface area contributed by atoms with Gasteiger partial charge >= 0.3 is 5.97 Å². The van der Waals surface area contributed by atoms with Gasteiger partial charge in [-0.15, -0.1) is 0 Å². The third-order valence-corrected chi connectivity index (χ3v) is 3.79. The lowest BCUT2D eigenvalue weighted by molar-refractivity contribution is -0.145. The number of aliphatic carboxylic acids is 1. The third kappa shape index (κ3) is 3.14. The molecular formula is C15H22N2O2. The van der Waals surface area contributed by atoms with E-state index in [0.717, 1.165) is 13.1 Å². The number of aryl methyl sites for hydroxylation is 2. The van der Waals surface area contributed by atoms with E-state index in [9.17, 15) is 9.90 Å². The maximum absolute atomic E-state index is 11.4. The second-order valence-corrected chi connectivity index (χ2v) is 5.39. The average molecular weight is 262 g/mol. The lowest BCUT2D eigenvalue weighted by atomic mass is 9.99. The number of hydrogen-bond donors (Lipinski definition) is 2. The summed E-state index contributed by atoms with van der Waals surface area (Å²) in [7, 11) is 0. The molecule has 2 rings (SSSR count). The first-order chi connectivity index (χ1) is 8.99. The third-order valence-electron chi connectivity index (χ3n) is 3.79. The molecule has 2 atom stereocenters. The molecule has 19 heavy (non-hydrogen) atoms. The van der Waals surface area contributed by atoms with Crippen LogP contribution in [0.15, 0.2) is 18.2 Å². The molecule has 0 saturated carbocycles. The molecule has 1 aliphatic heterocycles. The van der Waals surface area contributed by atoms with Crippen molar-refractivity contribution in [3.05, 3.63) is 34.9 Å². The first-order valence-electron chi connectivity index (χ1n) is 6.76. The van der Waals surface area contributed by atoms with Gasteiger partial charge in [0.15, 0.2) is 0 Å². The van der Waals surface area contributed by atoms with E-state index in [-0.39, 0.29) is 6.04 Å². The molecule has 0 radical (unpaired) electrons. The lowest BCUT2D eigenvalue weighted by Gasteiger charge is -2.38. The van der Waals surface area contributed by atoms with Crippen LogP contribution >= 0.6 is 0 Å². The molecule has 2 unspecified atom stereocenters. The molecular weight excluding hydrogens is 240 g/mol. The van der Waals surface area contributed by atoms with Gasteiger partial charge in [0.05, 0.1) is 0 Å². The summed E-state index contributed by atoms with van der Waals surface area (Å²) in [6.07, 6.45) is 0. The van der Waals surface area contributed by atoms with Crippen LogP contribution in [0.25, 0.3) is 0 Å². The monoisotopic (exact) mass is 262 g/mol. The highest BCUT2D eigenvalue weighted by Crippen LogP contribution is 2.25. The Bertz CT molecular complexity index is 453.